The molecule has 1 saturated heterocycles. The predicted octanol–water partition coefficient (Wildman–Crippen LogP) is 5.06. The van der Waals surface area contributed by atoms with Gasteiger partial charge in [-0.25, -0.2) is 0 Å². The summed E-state index contributed by atoms with van der Waals surface area (Å²) in [5, 5.41) is 1.22. The minimum atomic E-state index is 0.594. The molecule has 2 heterocycles. The predicted molar refractivity (Wildman–Crippen MR) is 94.5 cm³/mol. The van der Waals surface area contributed by atoms with Gasteiger partial charge in [0.25, 0.3) is 0 Å². The molecule has 1 fully saturated rings. The Bertz CT molecular complexity index is 777. The van der Waals surface area contributed by atoms with Gasteiger partial charge in [0.15, 0.2) is 0 Å². The van der Waals surface area contributed by atoms with E-state index in [9.17, 15) is 0 Å². The Morgan fingerprint density at radius 3 is 2.74 bits per heavy atom. The maximum absolute atomic E-state index is 5.76. The van der Waals surface area contributed by atoms with E-state index in [4.69, 9.17) is 4.42 Å². The average Bonchev–Trinajstić information content (AvgIpc) is 3.05. The largest absolute Gasteiger partial charge is 0.464 e. The quantitative estimate of drug-likeness (QED) is 0.672. The fourth-order valence-electron chi connectivity index (χ4n) is 3.99. The van der Waals surface area contributed by atoms with E-state index >= 15 is 0 Å². The lowest BCUT2D eigenvalue weighted by molar-refractivity contribution is 0.156. The van der Waals surface area contributed by atoms with Crippen LogP contribution in [0.15, 0.2) is 65.3 Å². The van der Waals surface area contributed by atoms with Gasteiger partial charge in [-0.2, -0.15) is 0 Å². The highest BCUT2D eigenvalue weighted by atomic mass is 16.3. The summed E-state index contributed by atoms with van der Waals surface area (Å²) in [6.07, 6.45) is 3.01. The summed E-state index contributed by atoms with van der Waals surface area (Å²) in [6, 6.07) is 19.4. The molecule has 2 nitrogen and oxygen atoms in total. The Hall–Kier alpha value is -2.06. The third kappa shape index (κ3) is 2.91. The first-order chi connectivity index (χ1) is 11.3. The number of likely N-dealkylation sites (tertiary alicyclic amines) is 1. The molecule has 0 bridgehead atoms. The van der Waals surface area contributed by atoms with Crippen LogP contribution in [-0.2, 0) is 6.54 Å². The number of rotatable bonds is 3. The van der Waals surface area contributed by atoms with Crippen LogP contribution in [-0.4, -0.2) is 18.0 Å². The highest BCUT2D eigenvalue weighted by Gasteiger charge is 2.29. The molecule has 0 aliphatic carbocycles. The van der Waals surface area contributed by atoms with Crippen molar-refractivity contribution in [3.63, 3.8) is 0 Å². The first-order valence-electron chi connectivity index (χ1n) is 8.53. The minimum absolute atomic E-state index is 0.594. The summed E-state index contributed by atoms with van der Waals surface area (Å²) >= 11 is 0. The van der Waals surface area contributed by atoms with E-state index in [1.54, 1.807) is 0 Å². The summed E-state index contributed by atoms with van der Waals surface area (Å²) in [4.78, 5) is 2.58. The molecule has 2 aromatic carbocycles. The van der Waals surface area contributed by atoms with E-state index in [0.717, 1.165) is 25.2 Å². The smallest absolute Gasteiger partial charge is 0.137 e. The number of nitrogens with zero attached hydrogens (tertiary/aromatic N) is 1. The van der Waals surface area contributed by atoms with E-state index < -0.39 is 0 Å². The number of para-hydroxylation sites is 1. The summed E-state index contributed by atoms with van der Waals surface area (Å²) in [7, 11) is 0. The van der Waals surface area contributed by atoms with Gasteiger partial charge in [-0.3, -0.25) is 4.90 Å². The summed E-state index contributed by atoms with van der Waals surface area (Å²) in [5.74, 6) is 1.24. The van der Waals surface area contributed by atoms with Crippen LogP contribution in [0.2, 0.25) is 0 Å². The number of piperidine rings is 1. The van der Waals surface area contributed by atoms with Crippen LogP contribution in [0.3, 0.4) is 0 Å². The van der Waals surface area contributed by atoms with Crippen LogP contribution in [0.1, 0.15) is 30.4 Å². The van der Waals surface area contributed by atoms with Crippen LogP contribution in [0.4, 0.5) is 0 Å². The van der Waals surface area contributed by atoms with Crippen molar-refractivity contribution in [1.82, 2.24) is 4.90 Å². The molecule has 1 aromatic heterocycles. The lowest BCUT2D eigenvalue weighted by Gasteiger charge is -2.37. The van der Waals surface area contributed by atoms with Gasteiger partial charge >= 0.3 is 0 Å². The van der Waals surface area contributed by atoms with Crippen molar-refractivity contribution in [2.75, 3.05) is 13.1 Å². The van der Waals surface area contributed by atoms with Gasteiger partial charge in [0.1, 0.15) is 5.58 Å². The van der Waals surface area contributed by atoms with Crippen LogP contribution >= 0.6 is 0 Å². The maximum Gasteiger partial charge on any atom is 0.137 e. The zero-order chi connectivity index (χ0) is 15.6. The number of hydrogen-bond donors (Lipinski definition) is 0. The number of fused-ring (bicyclic) bond motifs is 1. The average molecular weight is 305 g/mol. The maximum atomic E-state index is 5.76. The van der Waals surface area contributed by atoms with Crippen LogP contribution < -0.4 is 0 Å². The second-order valence-corrected chi connectivity index (χ2v) is 6.78. The van der Waals surface area contributed by atoms with E-state index in [-0.39, 0.29) is 0 Å². The molecule has 0 amide bonds. The van der Waals surface area contributed by atoms with E-state index in [1.165, 1.54) is 22.9 Å². The SMILES string of the molecule is CC1CN(Cc2ccccc2)CCC1c1cccc2ccoc12. The van der Waals surface area contributed by atoms with Crippen molar-refractivity contribution in [3.05, 3.63) is 72.0 Å². The standard InChI is InChI=1S/C21H23NO/c1-16-14-22(15-17-6-3-2-4-7-17)12-10-19(16)20-9-5-8-18-11-13-23-21(18)20/h2-9,11,13,16,19H,10,12,14-15H2,1H3. The molecule has 118 valence electrons. The number of hydrogen-bond acceptors (Lipinski definition) is 2. The van der Waals surface area contributed by atoms with Crippen LogP contribution in [0, 0.1) is 5.92 Å². The van der Waals surface area contributed by atoms with Gasteiger partial charge in [-0.1, -0.05) is 55.5 Å². The van der Waals surface area contributed by atoms with Gasteiger partial charge in [0.2, 0.25) is 0 Å². The lowest BCUT2D eigenvalue weighted by atomic mass is 9.81. The third-order valence-corrected chi connectivity index (χ3v) is 5.15. The molecule has 23 heavy (non-hydrogen) atoms. The fraction of sp³-hybridized carbons (Fsp3) is 0.333. The fourth-order valence-corrected chi connectivity index (χ4v) is 3.99. The van der Waals surface area contributed by atoms with E-state index in [2.05, 4.69) is 66.4 Å². The highest BCUT2D eigenvalue weighted by Crippen LogP contribution is 2.37. The van der Waals surface area contributed by atoms with Crippen LogP contribution in [0.25, 0.3) is 11.0 Å². The zero-order valence-corrected chi connectivity index (χ0v) is 13.6. The molecule has 1 aliphatic heterocycles. The third-order valence-electron chi connectivity index (χ3n) is 5.15. The minimum Gasteiger partial charge on any atom is -0.464 e. The number of benzene rings is 2. The molecule has 0 spiro atoms. The Kier molecular flexibility index (Phi) is 3.92. The topological polar surface area (TPSA) is 16.4 Å². The van der Waals surface area contributed by atoms with Gasteiger partial charge in [0, 0.05) is 18.5 Å². The molecule has 0 radical (unpaired) electrons. The monoisotopic (exact) mass is 305 g/mol. The van der Waals surface area contributed by atoms with Crippen LogP contribution in [0.5, 0.6) is 0 Å². The molecule has 3 aromatic rings. The zero-order valence-electron chi connectivity index (χ0n) is 13.6. The molecular weight excluding hydrogens is 282 g/mol. The molecular formula is C21H23NO. The van der Waals surface area contributed by atoms with Gasteiger partial charge in [0.05, 0.1) is 6.26 Å². The molecule has 4 rings (SSSR count). The van der Waals surface area contributed by atoms with Gasteiger partial charge in [-0.15, -0.1) is 0 Å². The van der Waals surface area contributed by atoms with Crippen molar-refractivity contribution in [1.29, 1.82) is 0 Å². The molecule has 0 N–H and O–H groups in total. The molecule has 2 atom stereocenters. The second-order valence-electron chi connectivity index (χ2n) is 6.78. The summed E-state index contributed by atoms with van der Waals surface area (Å²) in [6.45, 7) is 5.74. The van der Waals surface area contributed by atoms with Gasteiger partial charge in [-0.05, 0) is 42.0 Å². The first-order valence-corrected chi connectivity index (χ1v) is 8.53. The van der Waals surface area contributed by atoms with Crippen molar-refractivity contribution in [2.24, 2.45) is 5.92 Å². The van der Waals surface area contributed by atoms with Crippen molar-refractivity contribution in [3.8, 4) is 0 Å². The Morgan fingerprint density at radius 1 is 1.04 bits per heavy atom. The normalized spacial score (nSPS) is 22.5. The first kappa shape index (κ1) is 14.5. The number of furan rings is 1. The Labute approximate surface area is 137 Å². The van der Waals surface area contributed by atoms with Crippen molar-refractivity contribution >= 4 is 11.0 Å². The second kappa shape index (κ2) is 6.21. The molecule has 1 aliphatic rings. The lowest BCUT2D eigenvalue weighted by Crippen LogP contribution is -2.37. The van der Waals surface area contributed by atoms with E-state index in [0.29, 0.717) is 11.8 Å². The van der Waals surface area contributed by atoms with Crippen molar-refractivity contribution < 1.29 is 4.42 Å². The van der Waals surface area contributed by atoms with E-state index in [1.807, 2.05) is 6.26 Å². The highest BCUT2D eigenvalue weighted by molar-refractivity contribution is 5.80. The summed E-state index contributed by atoms with van der Waals surface area (Å²) < 4.78 is 5.76. The summed E-state index contributed by atoms with van der Waals surface area (Å²) in [5.41, 5.74) is 3.88. The molecule has 0 saturated carbocycles. The Morgan fingerprint density at radius 2 is 1.91 bits per heavy atom. The van der Waals surface area contributed by atoms with Gasteiger partial charge < -0.3 is 4.42 Å². The molecule has 2 heteroatoms. The van der Waals surface area contributed by atoms with Crippen molar-refractivity contribution in [2.45, 2.75) is 25.8 Å². The Balaban J connectivity index is 1.50. The molecule has 2 unspecified atom stereocenters.